The van der Waals surface area contributed by atoms with Gasteiger partial charge in [-0.05, 0) is 37.3 Å². The predicted molar refractivity (Wildman–Crippen MR) is 92.4 cm³/mol. The van der Waals surface area contributed by atoms with E-state index in [1.807, 2.05) is 6.92 Å². The first-order valence-corrected chi connectivity index (χ1v) is 8.70. The molecule has 116 valence electrons. The van der Waals surface area contributed by atoms with Crippen molar-refractivity contribution in [1.29, 1.82) is 0 Å². The Hall–Kier alpha value is -1.49. The van der Waals surface area contributed by atoms with Gasteiger partial charge in [0.25, 0.3) is 10.0 Å². The highest BCUT2D eigenvalue weighted by Crippen LogP contribution is 2.29. The topological polar surface area (TPSA) is 37.4 Å². The van der Waals surface area contributed by atoms with E-state index in [0.717, 1.165) is 5.56 Å². The molecule has 0 amide bonds. The summed E-state index contributed by atoms with van der Waals surface area (Å²) < 4.78 is 26.9. The number of hydrogen-bond acceptors (Lipinski definition) is 2. The summed E-state index contributed by atoms with van der Waals surface area (Å²) in [6, 6.07) is 11.3. The number of nitrogens with zero attached hydrogens (tertiary/aromatic N) is 1. The van der Waals surface area contributed by atoms with Crippen LogP contribution < -0.4 is 4.31 Å². The third-order valence-corrected chi connectivity index (χ3v) is 5.28. The minimum absolute atomic E-state index is 0.118. The van der Waals surface area contributed by atoms with Crippen LogP contribution in [0.4, 0.5) is 5.69 Å². The Morgan fingerprint density at radius 3 is 2.14 bits per heavy atom. The van der Waals surface area contributed by atoms with Crippen molar-refractivity contribution in [3.8, 4) is 0 Å². The molecule has 0 aromatic heterocycles. The standard InChI is InChI=1S/C16H15Cl2NO2S/c1-3-8-19(15-10-13(17)9-14(18)11-15)22(20,21)16-6-4-12(2)5-7-16/h3-7,9-11H,1,8H2,2H3. The van der Waals surface area contributed by atoms with Crippen molar-refractivity contribution in [3.63, 3.8) is 0 Å². The molecular formula is C16H15Cl2NO2S. The zero-order valence-corrected chi connectivity index (χ0v) is 14.3. The van der Waals surface area contributed by atoms with Gasteiger partial charge in [0.15, 0.2) is 0 Å². The van der Waals surface area contributed by atoms with Crippen molar-refractivity contribution in [3.05, 3.63) is 70.7 Å². The maximum atomic E-state index is 12.8. The Morgan fingerprint density at radius 1 is 1.09 bits per heavy atom. The molecule has 0 saturated heterocycles. The van der Waals surface area contributed by atoms with Gasteiger partial charge >= 0.3 is 0 Å². The lowest BCUT2D eigenvalue weighted by molar-refractivity contribution is 0.593. The van der Waals surface area contributed by atoms with E-state index in [1.165, 1.54) is 10.4 Å². The van der Waals surface area contributed by atoms with Crippen molar-refractivity contribution in [1.82, 2.24) is 0 Å². The van der Waals surface area contributed by atoms with Crippen LogP contribution in [0.3, 0.4) is 0 Å². The fraction of sp³-hybridized carbons (Fsp3) is 0.125. The SMILES string of the molecule is C=CCN(c1cc(Cl)cc(Cl)c1)S(=O)(=O)c1ccc(C)cc1. The molecule has 0 aliphatic carbocycles. The lowest BCUT2D eigenvalue weighted by Gasteiger charge is -2.23. The zero-order valence-electron chi connectivity index (χ0n) is 12.0. The second-order valence-corrected chi connectivity index (χ2v) is 7.50. The van der Waals surface area contributed by atoms with Crippen LogP contribution in [0.2, 0.25) is 10.0 Å². The van der Waals surface area contributed by atoms with Crippen LogP contribution in [0, 0.1) is 6.92 Å². The minimum Gasteiger partial charge on any atom is -0.262 e. The van der Waals surface area contributed by atoms with Crippen molar-refractivity contribution in [2.45, 2.75) is 11.8 Å². The molecule has 3 nitrogen and oxygen atoms in total. The number of halogens is 2. The molecular weight excluding hydrogens is 341 g/mol. The van der Waals surface area contributed by atoms with Gasteiger partial charge in [-0.15, -0.1) is 6.58 Å². The molecule has 0 atom stereocenters. The first kappa shape index (κ1) is 16.9. The summed E-state index contributed by atoms with van der Waals surface area (Å²) in [5, 5.41) is 0.742. The number of sulfonamides is 1. The summed E-state index contributed by atoms with van der Waals surface area (Å²) >= 11 is 12.0. The Morgan fingerprint density at radius 2 is 1.64 bits per heavy atom. The highest BCUT2D eigenvalue weighted by Gasteiger charge is 2.24. The number of hydrogen-bond donors (Lipinski definition) is 0. The molecule has 0 heterocycles. The molecule has 0 aliphatic heterocycles. The van der Waals surface area contributed by atoms with Crippen molar-refractivity contribution in [2.75, 3.05) is 10.8 Å². The lowest BCUT2D eigenvalue weighted by atomic mass is 10.2. The molecule has 0 fully saturated rings. The fourth-order valence-electron chi connectivity index (χ4n) is 1.98. The van der Waals surface area contributed by atoms with Gasteiger partial charge in [0, 0.05) is 10.0 Å². The average molecular weight is 356 g/mol. The van der Waals surface area contributed by atoms with Crippen molar-refractivity contribution < 1.29 is 8.42 Å². The van der Waals surface area contributed by atoms with Gasteiger partial charge in [0.1, 0.15) is 0 Å². The largest absolute Gasteiger partial charge is 0.264 e. The summed E-state index contributed by atoms with van der Waals surface area (Å²) in [7, 11) is -3.72. The smallest absolute Gasteiger partial charge is 0.262 e. The summed E-state index contributed by atoms with van der Waals surface area (Å²) in [6.45, 7) is 5.64. The molecule has 0 unspecified atom stereocenters. The van der Waals surface area contributed by atoms with Gasteiger partial charge in [-0.25, -0.2) is 8.42 Å². The summed E-state index contributed by atoms with van der Waals surface area (Å²) in [5.41, 5.74) is 1.39. The first-order valence-electron chi connectivity index (χ1n) is 6.51. The first-order chi connectivity index (χ1) is 10.3. The van der Waals surface area contributed by atoms with E-state index >= 15 is 0 Å². The number of rotatable bonds is 5. The van der Waals surface area contributed by atoms with Gasteiger partial charge in [0.2, 0.25) is 0 Å². The number of aryl methyl sites for hydroxylation is 1. The van der Waals surface area contributed by atoms with Crippen LogP contribution in [0.25, 0.3) is 0 Å². The lowest BCUT2D eigenvalue weighted by Crippen LogP contribution is -2.31. The van der Waals surface area contributed by atoms with E-state index in [2.05, 4.69) is 6.58 Å². The third-order valence-electron chi connectivity index (χ3n) is 3.04. The van der Waals surface area contributed by atoms with E-state index in [4.69, 9.17) is 23.2 Å². The Bertz CT molecular complexity index is 766. The van der Waals surface area contributed by atoms with Gasteiger partial charge in [-0.3, -0.25) is 4.31 Å². The van der Waals surface area contributed by atoms with Crippen LogP contribution in [0.5, 0.6) is 0 Å². The zero-order chi connectivity index (χ0) is 16.3. The highest BCUT2D eigenvalue weighted by atomic mass is 35.5. The maximum absolute atomic E-state index is 12.8. The average Bonchev–Trinajstić information content (AvgIpc) is 2.44. The monoisotopic (exact) mass is 355 g/mol. The van der Waals surface area contributed by atoms with Crippen LogP contribution >= 0.6 is 23.2 Å². The molecule has 0 saturated carbocycles. The molecule has 2 aromatic carbocycles. The van der Waals surface area contributed by atoms with Gasteiger partial charge in [-0.2, -0.15) is 0 Å². The minimum atomic E-state index is -3.72. The summed E-state index contributed by atoms with van der Waals surface area (Å²) in [4.78, 5) is 0.205. The highest BCUT2D eigenvalue weighted by molar-refractivity contribution is 7.92. The van der Waals surface area contributed by atoms with Crippen LogP contribution in [0.1, 0.15) is 5.56 Å². The van der Waals surface area contributed by atoms with Crippen LogP contribution in [-0.4, -0.2) is 15.0 Å². The molecule has 0 spiro atoms. The predicted octanol–water partition coefficient (Wildman–Crippen LogP) is 4.68. The Labute approximate surface area is 140 Å². The van der Waals surface area contributed by atoms with Gasteiger partial charge in [-0.1, -0.05) is 47.0 Å². The summed E-state index contributed by atoms with van der Waals surface area (Å²) in [6.07, 6.45) is 1.51. The van der Waals surface area contributed by atoms with Crippen molar-refractivity contribution >= 4 is 38.9 Å². The second kappa shape index (κ2) is 6.73. The van der Waals surface area contributed by atoms with E-state index < -0.39 is 10.0 Å². The van der Waals surface area contributed by atoms with Gasteiger partial charge < -0.3 is 0 Å². The van der Waals surface area contributed by atoms with Crippen molar-refractivity contribution in [2.24, 2.45) is 0 Å². The van der Waals surface area contributed by atoms with Crippen LogP contribution in [0.15, 0.2) is 60.0 Å². The molecule has 6 heteroatoms. The summed E-state index contributed by atoms with van der Waals surface area (Å²) in [5.74, 6) is 0. The fourth-order valence-corrected chi connectivity index (χ4v) is 3.91. The maximum Gasteiger partial charge on any atom is 0.264 e. The van der Waals surface area contributed by atoms with E-state index in [1.54, 1.807) is 42.5 Å². The Kier molecular flexibility index (Phi) is 5.16. The van der Waals surface area contributed by atoms with Crippen LogP contribution in [-0.2, 0) is 10.0 Å². The quantitative estimate of drug-likeness (QED) is 0.730. The van der Waals surface area contributed by atoms with E-state index in [9.17, 15) is 8.42 Å². The Balaban J connectivity index is 2.55. The molecule has 2 aromatic rings. The molecule has 0 aliphatic rings. The molecule has 2 rings (SSSR count). The second-order valence-electron chi connectivity index (χ2n) is 4.77. The number of anilines is 1. The molecule has 0 bridgehead atoms. The third kappa shape index (κ3) is 3.64. The molecule has 0 N–H and O–H groups in total. The van der Waals surface area contributed by atoms with E-state index in [-0.39, 0.29) is 11.4 Å². The molecule has 22 heavy (non-hydrogen) atoms. The molecule has 0 radical (unpaired) electrons. The van der Waals surface area contributed by atoms with Gasteiger partial charge in [0.05, 0.1) is 17.1 Å². The number of benzene rings is 2. The normalized spacial score (nSPS) is 11.2. The van der Waals surface area contributed by atoms with E-state index in [0.29, 0.717) is 15.7 Å².